The van der Waals surface area contributed by atoms with E-state index in [0.717, 1.165) is 17.3 Å². The van der Waals surface area contributed by atoms with Gasteiger partial charge in [0, 0.05) is 25.4 Å². The maximum atomic E-state index is 12.1. The third-order valence-electron chi connectivity index (χ3n) is 3.32. The summed E-state index contributed by atoms with van der Waals surface area (Å²) in [6.45, 7) is 3.83. The molecule has 2 heterocycles. The second-order valence-corrected chi connectivity index (χ2v) is 9.29. The van der Waals surface area contributed by atoms with E-state index >= 15 is 0 Å². The Morgan fingerprint density at radius 1 is 1.42 bits per heavy atom. The maximum absolute atomic E-state index is 12.1. The van der Waals surface area contributed by atoms with Crippen molar-refractivity contribution >= 4 is 56.1 Å². The van der Waals surface area contributed by atoms with Crippen molar-refractivity contribution in [3.05, 3.63) is 22.1 Å². The second kappa shape index (κ2) is 10.4. The molecular weight excluding hydrogens is 416 g/mol. The normalized spacial score (nSPS) is 21.9. The Kier molecular flexibility index (Phi) is 10.0. The number of hydrogen-bond acceptors (Lipinski definition) is 7. The maximum Gasteiger partial charge on any atom is 1.00 e. The van der Waals surface area contributed by atoms with Gasteiger partial charge in [-0.15, -0.1) is 11.8 Å². The Morgan fingerprint density at radius 3 is 2.71 bits per heavy atom. The van der Waals surface area contributed by atoms with Crippen molar-refractivity contribution in [3.63, 3.8) is 0 Å². The first-order chi connectivity index (χ1) is 10.8. The van der Waals surface area contributed by atoms with Crippen LogP contribution < -0.4 is 51.4 Å². The van der Waals surface area contributed by atoms with E-state index in [-0.39, 0.29) is 64.5 Å². The minimum absolute atomic E-state index is 0. The largest absolute Gasteiger partial charge is 1.00 e. The Labute approximate surface area is 200 Å². The van der Waals surface area contributed by atoms with Crippen LogP contribution in [0.15, 0.2) is 22.1 Å². The summed E-state index contributed by atoms with van der Waals surface area (Å²) in [4.78, 5) is 16.4. The van der Waals surface area contributed by atoms with Gasteiger partial charge in [-0.25, -0.2) is 0 Å². The number of carbonyl (C=O) groups is 1. The average Bonchev–Trinajstić information content (AvgIpc) is 3.00. The van der Waals surface area contributed by atoms with E-state index in [2.05, 4.69) is 4.90 Å². The molecule has 2 rings (SSSR count). The van der Waals surface area contributed by atoms with Crippen LogP contribution in [-0.4, -0.2) is 64.1 Å². The van der Waals surface area contributed by atoms with E-state index in [0.29, 0.717) is 28.7 Å². The third kappa shape index (κ3) is 6.67. The molecule has 1 amide bonds. The first-order valence-electron chi connectivity index (χ1n) is 7.10. The summed E-state index contributed by atoms with van der Waals surface area (Å²) >= 11 is 8.13. The van der Waals surface area contributed by atoms with Gasteiger partial charge in [0.2, 0.25) is 0 Å². The van der Waals surface area contributed by atoms with E-state index < -0.39 is 10.1 Å². The number of thioether (sulfide) groups is 2. The van der Waals surface area contributed by atoms with Crippen molar-refractivity contribution in [1.82, 2.24) is 9.80 Å². The predicted molar refractivity (Wildman–Crippen MR) is 99.9 cm³/mol. The molecule has 0 spiro atoms. The first-order valence-corrected chi connectivity index (χ1v) is 10.9. The Bertz CT molecular complexity index is 669. The fraction of sp³-hybridized carbons (Fsp3) is 0.538. The van der Waals surface area contributed by atoms with Gasteiger partial charge < -0.3 is 6.33 Å². The molecule has 0 unspecified atom stereocenters. The van der Waals surface area contributed by atoms with E-state index in [1.807, 2.05) is 13.0 Å². The van der Waals surface area contributed by atoms with Gasteiger partial charge in [-0.05, 0) is 25.5 Å². The molecule has 2 aliphatic heterocycles. The molecule has 2 saturated heterocycles. The molecule has 6 nitrogen and oxygen atoms in total. The molecule has 0 aromatic rings. The SMILES string of the molecule is CCN1C(=O)/C(=C\C=C2\SCCN2CCCS(=O)(=O)O)SC1=S.[H-].[K+]. The van der Waals surface area contributed by atoms with Gasteiger partial charge >= 0.3 is 51.4 Å². The van der Waals surface area contributed by atoms with E-state index in [1.54, 1.807) is 22.7 Å². The van der Waals surface area contributed by atoms with Crippen LogP contribution >= 0.6 is 35.7 Å². The van der Waals surface area contributed by atoms with Gasteiger partial charge in [0.25, 0.3) is 16.0 Å². The summed E-state index contributed by atoms with van der Waals surface area (Å²) in [6, 6.07) is 0. The van der Waals surface area contributed by atoms with Crippen LogP contribution in [0, 0.1) is 0 Å². The molecule has 0 aromatic heterocycles. The molecule has 1 N–H and O–H groups in total. The fourth-order valence-corrected chi connectivity index (χ4v) is 5.08. The molecule has 0 radical (unpaired) electrons. The van der Waals surface area contributed by atoms with Crippen LogP contribution in [0.1, 0.15) is 14.8 Å². The number of allylic oxidation sites excluding steroid dienone is 2. The molecule has 24 heavy (non-hydrogen) atoms. The third-order valence-corrected chi connectivity index (χ3v) is 6.60. The van der Waals surface area contributed by atoms with Gasteiger partial charge in [-0.3, -0.25) is 14.2 Å². The molecule has 0 bridgehead atoms. The van der Waals surface area contributed by atoms with Crippen LogP contribution in [0.4, 0.5) is 0 Å². The van der Waals surface area contributed by atoms with Gasteiger partial charge in [0.15, 0.2) is 0 Å². The number of amides is 1. The molecular formula is C13H19KN2O4S4. The predicted octanol–water partition coefficient (Wildman–Crippen LogP) is -0.965. The Morgan fingerprint density at radius 2 is 2.12 bits per heavy atom. The zero-order valence-corrected chi connectivity index (χ0v) is 20.0. The monoisotopic (exact) mass is 434 g/mol. The zero-order valence-electron chi connectivity index (χ0n) is 14.6. The number of carbonyl (C=O) groups excluding carboxylic acids is 1. The Hall–Kier alpha value is 1.09. The molecule has 0 atom stereocenters. The number of likely N-dealkylation sites (N-methyl/N-ethyl adjacent to an activating group) is 1. The average molecular weight is 435 g/mol. The van der Waals surface area contributed by atoms with E-state index in [4.69, 9.17) is 16.8 Å². The second-order valence-electron chi connectivity index (χ2n) is 4.93. The molecule has 2 fully saturated rings. The van der Waals surface area contributed by atoms with Gasteiger partial charge in [-0.1, -0.05) is 24.0 Å². The van der Waals surface area contributed by atoms with Gasteiger partial charge in [-0.2, -0.15) is 8.42 Å². The number of rotatable bonds is 6. The summed E-state index contributed by atoms with van der Waals surface area (Å²) in [5.74, 6) is 0.609. The molecule has 0 saturated carbocycles. The Balaban J connectivity index is 0.00000288. The minimum atomic E-state index is -3.91. The summed E-state index contributed by atoms with van der Waals surface area (Å²) in [5, 5.41) is 1.00. The van der Waals surface area contributed by atoms with Crippen LogP contribution in [0.2, 0.25) is 0 Å². The molecule has 0 aliphatic carbocycles. The topological polar surface area (TPSA) is 77.9 Å². The first kappa shape index (κ1) is 23.1. The minimum Gasteiger partial charge on any atom is -1.00 e. The van der Waals surface area contributed by atoms with Crippen molar-refractivity contribution in [1.29, 1.82) is 0 Å². The summed E-state index contributed by atoms with van der Waals surface area (Å²) in [7, 11) is -3.91. The van der Waals surface area contributed by atoms with Crippen LogP contribution in [0.5, 0.6) is 0 Å². The zero-order chi connectivity index (χ0) is 17.0. The summed E-state index contributed by atoms with van der Waals surface area (Å²) in [6.07, 6.45) is 4.03. The molecule has 2 aliphatic rings. The van der Waals surface area contributed by atoms with Crippen LogP contribution in [0.3, 0.4) is 0 Å². The van der Waals surface area contributed by atoms with Crippen molar-refractivity contribution in [2.45, 2.75) is 13.3 Å². The van der Waals surface area contributed by atoms with Crippen LogP contribution in [-0.2, 0) is 14.9 Å². The fourth-order valence-electron chi connectivity index (χ4n) is 2.21. The number of hydrogen-bond donors (Lipinski definition) is 1. The van der Waals surface area contributed by atoms with E-state index in [1.165, 1.54) is 11.8 Å². The molecule has 11 heteroatoms. The summed E-state index contributed by atoms with van der Waals surface area (Å²) < 4.78 is 30.9. The van der Waals surface area contributed by atoms with Crippen molar-refractivity contribution < 1.29 is 70.6 Å². The van der Waals surface area contributed by atoms with Gasteiger partial charge in [0.05, 0.1) is 15.7 Å². The van der Waals surface area contributed by atoms with Crippen molar-refractivity contribution in [2.24, 2.45) is 0 Å². The number of nitrogens with zero attached hydrogens (tertiary/aromatic N) is 2. The smallest absolute Gasteiger partial charge is 1.00 e. The summed E-state index contributed by atoms with van der Waals surface area (Å²) in [5.41, 5.74) is 0. The van der Waals surface area contributed by atoms with Gasteiger partial charge in [0.1, 0.15) is 4.32 Å². The quantitative estimate of drug-likeness (QED) is 0.248. The van der Waals surface area contributed by atoms with Crippen molar-refractivity contribution in [3.8, 4) is 0 Å². The standard InChI is InChI=1S/C13H18N2O4S4.K.H/c1-2-15-12(16)10(22-13(15)20)4-5-11-14(7-8-21-11)6-3-9-23(17,18)19;;/h4-5H,2-3,6-9H2,1H3,(H,17,18,19);;/q;+1;-1/b10-4+,11-5+;;. The molecule has 130 valence electrons. The van der Waals surface area contributed by atoms with Crippen molar-refractivity contribution in [2.75, 3.05) is 31.1 Å². The molecule has 0 aromatic carbocycles. The number of thiocarbonyl (C=S) groups is 1. The van der Waals surface area contributed by atoms with E-state index in [9.17, 15) is 13.2 Å². The van der Waals surface area contributed by atoms with Crippen LogP contribution in [0.25, 0.3) is 0 Å².